The lowest BCUT2D eigenvalue weighted by atomic mass is 10.3. The van der Waals surface area contributed by atoms with E-state index < -0.39 is 0 Å². The Kier molecular flexibility index (Phi) is 3.08. The van der Waals surface area contributed by atoms with Gasteiger partial charge in [0.15, 0.2) is 0 Å². The van der Waals surface area contributed by atoms with Crippen LogP contribution >= 0.6 is 0 Å². The molecular weight excluding hydrogens is 136 g/mol. The Morgan fingerprint density at radius 2 is 1.40 bits per heavy atom. The molecule has 1 fully saturated rings. The van der Waals surface area contributed by atoms with Crippen LogP contribution in [-0.4, -0.2) is 48.8 Å². The molecule has 2 N–H and O–H groups in total. The minimum Gasteiger partial charge on any atom is -0.394 e. The Balaban J connectivity index is 2.17. The molecule has 10 heavy (non-hydrogen) atoms. The Labute approximate surface area is 59.4 Å². The maximum atomic E-state index is 8.58. The molecule has 0 aliphatic carbocycles. The van der Waals surface area contributed by atoms with Crippen LogP contribution in [0.15, 0.2) is 0 Å². The summed E-state index contributed by atoms with van der Waals surface area (Å²) in [6.45, 7) is 0.722. The second kappa shape index (κ2) is 3.88. The number of rotatable bonds is 2. The quantitative estimate of drug-likeness (QED) is 0.514. The first kappa shape index (κ1) is 7.94. The third kappa shape index (κ3) is 1.91. The molecule has 0 unspecified atom stereocenters. The summed E-state index contributed by atoms with van der Waals surface area (Å²) in [5.41, 5.74) is 0. The summed E-state index contributed by atoms with van der Waals surface area (Å²) in [4.78, 5) is 0. The summed E-state index contributed by atoms with van der Waals surface area (Å²) in [5.74, 6) is 0. The monoisotopic (exact) mass is 148 g/mol. The van der Waals surface area contributed by atoms with Gasteiger partial charge < -0.3 is 19.7 Å². The smallest absolute Gasteiger partial charge is 0.104 e. The van der Waals surface area contributed by atoms with Crippen LogP contribution in [0.3, 0.4) is 0 Å². The maximum absolute atomic E-state index is 8.58. The van der Waals surface area contributed by atoms with Crippen molar-refractivity contribution in [3.8, 4) is 0 Å². The molecule has 1 aliphatic heterocycles. The molecule has 0 aromatic rings. The van der Waals surface area contributed by atoms with Crippen LogP contribution in [0.1, 0.15) is 0 Å². The lowest BCUT2D eigenvalue weighted by Crippen LogP contribution is -2.39. The van der Waals surface area contributed by atoms with Gasteiger partial charge in [0.05, 0.1) is 26.4 Å². The average molecular weight is 148 g/mol. The summed E-state index contributed by atoms with van der Waals surface area (Å²) >= 11 is 0. The molecule has 0 radical (unpaired) electrons. The van der Waals surface area contributed by atoms with Gasteiger partial charge in [-0.25, -0.2) is 0 Å². The highest BCUT2D eigenvalue weighted by Crippen LogP contribution is 2.05. The number of hydrogen-bond donors (Lipinski definition) is 2. The molecule has 1 aliphatic rings. The first-order chi connectivity index (χ1) is 4.86. The van der Waals surface area contributed by atoms with Crippen LogP contribution in [-0.2, 0) is 9.47 Å². The normalized spacial score (nSPS) is 34.2. The average Bonchev–Trinajstić information content (AvgIpc) is 2.05. The molecule has 4 heteroatoms. The second-order valence-electron chi connectivity index (χ2n) is 2.28. The van der Waals surface area contributed by atoms with E-state index in [1.165, 1.54) is 0 Å². The molecule has 1 heterocycles. The van der Waals surface area contributed by atoms with E-state index in [1.807, 2.05) is 0 Å². The van der Waals surface area contributed by atoms with Gasteiger partial charge in [-0.2, -0.15) is 0 Å². The van der Waals surface area contributed by atoms with Crippen LogP contribution in [0, 0.1) is 0 Å². The van der Waals surface area contributed by atoms with Crippen molar-refractivity contribution >= 4 is 0 Å². The summed E-state index contributed by atoms with van der Waals surface area (Å²) in [6, 6.07) is 0. The van der Waals surface area contributed by atoms with Crippen molar-refractivity contribution in [1.29, 1.82) is 0 Å². The standard InChI is InChI=1S/C6H12O4/c7-1-5-3-10-6(2-8)4-9-5/h5-8H,1-4H2/t5-,6+. The van der Waals surface area contributed by atoms with Crippen LogP contribution < -0.4 is 0 Å². The van der Waals surface area contributed by atoms with Crippen molar-refractivity contribution in [2.75, 3.05) is 26.4 Å². The fourth-order valence-electron chi connectivity index (χ4n) is 0.794. The van der Waals surface area contributed by atoms with Crippen molar-refractivity contribution < 1.29 is 19.7 Å². The molecule has 0 bridgehead atoms. The third-order valence-electron chi connectivity index (χ3n) is 1.44. The molecule has 0 aromatic heterocycles. The highest BCUT2D eigenvalue weighted by molar-refractivity contribution is 4.65. The zero-order chi connectivity index (χ0) is 7.40. The molecule has 0 amide bonds. The molecule has 0 spiro atoms. The molecule has 1 rings (SSSR count). The second-order valence-corrected chi connectivity index (χ2v) is 2.28. The number of aliphatic hydroxyl groups is 2. The lowest BCUT2D eigenvalue weighted by Gasteiger charge is -2.26. The molecule has 4 nitrogen and oxygen atoms in total. The Morgan fingerprint density at radius 1 is 1.00 bits per heavy atom. The zero-order valence-electron chi connectivity index (χ0n) is 5.69. The van der Waals surface area contributed by atoms with Crippen LogP contribution in [0.4, 0.5) is 0 Å². The van der Waals surface area contributed by atoms with E-state index in [0.29, 0.717) is 13.2 Å². The summed E-state index contributed by atoms with van der Waals surface area (Å²) in [7, 11) is 0. The van der Waals surface area contributed by atoms with Gasteiger partial charge in [0.25, 0.3) is 0 Å². The van der Waals surface area contributed by atoms with Crippen molar-refractivity contribution in [2.24, 2.45) is 0 Å². The first-order valence-electron chi connectivity index (χ1n) is 3.31. The van der Waals surface area contributed by atoms with Gasteiger partial charge in [0, 0.05) is 0 Å². The highest BCUT2D eigenvalue weighted by atomic mass is 16.6. The van der Waals surface area contributed by atoms with Crippen LogP contribution in [0.5, 0.6) is 0 Å². The summed E-state index contributed by atoms with van der Waals surface area (Å²) < 4.78 is 10.2. The van der Waals surface area contributed by atoms with Crippen LogP contribution in [0.2, 0.25) is 0 Å². The van der Waals surface area contributed by atoms with E-state index in [1.54, 1.807) is 0 Å². The lowest BCUT2D eigenvalue weighted by molar-refractivity contribution is -0.155. The number of aliphatic hydroxyl groups excluding tert-OH is 2. The van der Waals surface area contributed by atoms with E-state index in [2.05, 4.69) is 0 Å². The van der Waals surface area contributed by atoms with Gasteiger partial charge in [-0.3, -0.25) is 0 Å². The summed E-state index contributed by atoms with van der Waals surface area (Å²) in [6.07, 6.45) is -0.411. The van der Waals surface area contributed by atoms with E-state index in [-0.39, 0.29) is 25.4 Å². The summed E-state index contributed by atoms with van der Waals surface area (Å²) in [5, 5.41) is 17.2. The van der Waals surface area contributed by atoms with Crippen molar-refractivity contribution in [2.45, 2.75) is 12.2 Å². The third-order valence-corrected chi connectivity index (χ3v) is 1.44. The van der Waals surface area contributed by atoms with E-state index in [4.69, 9.17) is 19.7 Å². The minimum atomic E-state index is -0.206. The van der Waals surface area contributed by atoms with Gasteiger partial charge in [0.2, 0.25) is 0 Å². The van der Waals surface area contributed by atoms with Gasteiger partial charge >= 0.3 is 0 Å². The zero-order valence-corrected chi connectivity index (χ0v) is 5.69. The number of ether oxygens (including phenoxy) is 2. The van der Waals surface area contributed by atoms with Gasteiger partial charge in [0.1, 0.15) is 12.2 Å². The Hall–Kier alpha value is -0.160. The fraction of sp³-hybridized carbons (Fsp3) is 1.00. The van der Waals surface area contributed by atoms with Gasteiger partial charge in [-0.05, 0) is 0 Å². The van der Waals surface area contributed by atoms with Gasteiger partial charge in [-0.1, -0.05) is 0 Å². The predicted octanol–water partition coefficient (Wildman–Crippen LogP) is -1.24. The topological polar surface area (TPSA) is 58.9 Å². The van der Waals surface area contributed by atoms with Crippen LogP contribution in [0.25, 0.3) is 0 Å². The molecule has 0 aromatic carbocycles. The van der Waals surface area contributed by atoms with E-state index in [0.717, 1.165) is 0 Å². The van der Waals surface area contributed by atoms with E-state index in [9.17, 15) is 0 Å². The highest BCUT2D eigenvalue weighted by Gasteiger charge is 2.20. The van der Waals surface area contributed by atoms with Gasteiger partial charge in [-0.15, -0.1) is 0 Å². The van der Waals surface area contributed by atoms with Crippen molar-refractivity contribution in [3.63, 3.8) is 0 Å². The van der Waals surface area contributed by atoms with Crippen molar-refractivity contribution in [1.82, 2.24) is 0 Å². The Bertz CT molecular complexity index is 75.7. The maximum Gasteiger partial charge on any atom is 0.104 e. The molecule has 60 valence electrons. The fourth-order valence-corrected chi connectivity index (χ4v) is 0.794. The Morgan fingerprint density at radius 3 is 1.60 bits per heavy atom. The molecular formula is C6H12O4. The molecule has 2 atom stereocenters. The van der Waals surface area contributed by atoms with E-state index >= 15 is 0 Å². The SMILES string of the molecule is OC[C@@H]1CO[C@@H](CO)CO1. The predicted molar refractivity (Wildman–Crippen MR) is 33.7 cm³/mol. The first-order valence-corrected chi connectivity index (χ1v) is 3.31. The molecule has 1 saturated heterocycles. The largest absolute Gasteiger partial charge is 0.394 e. The minimum absolute atomic E-state index is 0.0157. The number of hydrogen-bond acceptors (Lipinski definition) is 4. The van der Waals surface area contributed by atoms with Crippen molar-refractivity contribution in [3.05, 3.63) is 0 Å². The molecule has 0 saturated carbocycles.